The second-order valence-electron chi connectivity index (χ2n) is 12.3. The second-order valence-corrected chi connectivity index (χ2v) is 14.9. The Morgan fingerprint density at radius 1 is 1.12 bits per heavy atom. The van der Waals surface area contributed by atoms with Crippen LogP contribution in [0.2, 0.25) is 5.02 Å². The van der Waals surface area contributed by atoms with E-state index in [4.69, 9.17) is 21.1 Å². The molecule has 0 radical (unpaired) electrons. The van der Waals surface area contributed by atoms with E-state index in [1.165, 1.54) is 5.56 Å². The van der Waals surface area contributed by atoms with Gasteiger partial charge in [-0.3, -0.25) is 4.79 Å². The van der Waals surface area contributed by atoms with Gasteiger partial charge in [-0.05, 0) is 111 Å². The van der Waals surface area contributed by atoms with Gasteiger partial charge in [0.2, 0.25) is 10.0 Å². The minimum absolute atomic E-state index is 0.00629. The van der Waals surface area contributed by atoms with E-state index in [1.807, 2.05) is 18.2 Å². The summed E-state index contributed by atoms with van der Waals surface area (Å²) in [5.74, 6) is 0.884. The number of halogens is 1. The van der Waals surface area contributed by atoms with Gasteiger partial charge in [-0.2, -0.15) is 0 Å². The third kappa shape index (κ3) is 5.63. The van der Waals surface area contributed by atoms with Gasteiger partial charge in [0.1, 0.15) is 12.4 Å². The first-order chi connectivity index (χ1) is 19.7. The quantitative estimate of drug-likeness (QED) is 0.411. The highest BCUT2D eigenvalue weighted by Crippen LogP contribution is 2.52. The van der Waals surface area contributed by atoms with Crippen molar-refractivity contribution >= 4 is 33.2 Å². The maximum atomic E-state index is 13.4. The van der Waals surface area contributed by atoms with Crippen LogP contribution in [0.4, 0.5) is 5.69 Å². The molecule has 4 aliphatic rings. The van der Waals surface area contributed by atoms with Gasteiger partial charge in [0.15, 0.2) is 0 Å². The van der Waals surface area contributed by atoms with Crippen molar-refractivity contribution in [2.75, 3.05) is 25.1 Å². The summed E-state index contributed by atoms with van der Waals surface area (Å²) in [4.78, 5) is 15.7. The number of hydrogen-bond donors (Lipinski definition) is 1. The Kier molecular flexibility index (Phi) is 7.85. The lowest BCUT2D eigenvalue weighted by molar-refractivity contribution is 0.0134. The lowest BCUT2D eigenvalue weighted by Crippen LogP contribution is -2.44. The number of methoxy groups -OCH3 is 1. The number of aryl methyl sites for hydroxylation is 1. The fraction of sp³-hybridized carbons (Fsp3) is 0.531. The number of ether oxygens (including phenoxy) is 2. The first-order valence-electron chi connectivity index (χ1n) is 14.7. The average Bonchev–Trinajstić information content (AvgIpc) is 3.61. The highest BCUT2D eigenvalue weighted by molar-refractivity contribution is 7.91. The fourth-order valence-corrected chi connectivity index (χ4v) is 8.52. The average molecular weight is 599 g/mol. The number of nitrogens with zero attached hydrogens (tertiary/aromatic N) is 1. The van der Waals surface area contributed by atoms with Gasteiger partial charge in [-0.25, -0.2) is 13.1 Å². The van der Waals surface area contributed by atoms with Gasteiger partial charge in [0, 0.05) is 30.8 Å². The van der Waals surface area contributed by atoms with Crippen molar-refractivity contribution in [1.29, 1.82) is 0 Å². The molecule has 0 aromatic heterocycles. The number of carbonyl (C=O) groups is 1. The molecule has 6 rings (SSSR count). The molecule has 1 N–H and O–H groups in total. The van der Waals surface area contributed by atoms with Gasteiger partial charge < -0.3 is 14.4 Å². The van der Waals surface area contributed by atoms with Crippen LogP contribution in [0.3, 0.4) is 0 Å². The molecule has 1 amide bonds. The van der Waals surface area contributed by atoms with Crippen molar-refractivity contribution < 1.29 is 22.7 Å². The van der Waals surface area contributed by atoms with E-state index in [1.54, 1.807) is 32.2 Å². The molecule has 2 aliphatic carbocycles. The van der Waals surface area contributed by atoms with E-state index < -0.39 is 20.7 Å². The molecule has 41 heavy (non-hydrogen) atoms. The number of nitrogens with one attached hydrogen (secondary N) is 1. The molecule has 5 atom stereocenters. The smallest absolute Gasteiger partial charge is 0.264 e. The number of allylic oxidation sites excluding steroid dienone is 1. The molecule has 0 saturated heterocycles. The Morgan fingerprint density at radius 3 is 2.76 bits per heavy atom. The third-order valence-electron chi connectivity index (χ3n) is 9.81. The lowest BCUT2D eigenvalue weighted by Gasteiger charge is -2.43. The van der Waals surface area contributed by atoms with Gasteiger partial charge in [-0.15, -0.1) is 0 Å². The molecule has 2 aliphatic heterocycles. The molecule has 2 fully saturated rings. The zero-order valence-electron chi connectivity index (χ0n) is 23.8. The van der Waals surface area contributed by atoms with Crippen LogP contribution < -0.4 is 14.4 Å². The zero-order chi connectivity index (χ0) is 28.8. The second kappa shape index (κ2) is 11.3. The minimum atomic E-state index is -3.86. The van der Waals surface area contributed by atoms with Crippen molar-refractivity contribution in [2.24, 2.45) is 17.8 Å². The highest BCUT2D eigenvalue weighted by atomic mass is 35.5. The molecular formula is C32H39ClN2O5S. The summed E-state index contributed by atoms with van der Waals surface area (Å²) in [6.45, 7) is 3.73. The van der Waals surface area contributed by atoms with Crippen molar-refractivity contribution in [1.82, 2.24) is 4.72 Å². The topological polar surface area (TPSA) is 84.9 Å². The maximum Gasteiger partial charge on any atom is 0.264 e. The molecule has 7 nitrogen and oxygen atoms in total. The fourth-order valence-electron chi connectivity index (χ4n) is 6.78. The summed E-state index contributed by atoms with van der Waals surface area (Å²) < 4.78 is 40.4. The molecule has 0 unspecified atom stereocenters. The number of rotatable bonds is 1. The van der Waals surface area contributed by atoms with Crippen LogP contribution in [-0.4, -0.2) is 45.4 Å². The monoisotopic (exact) mass is 598 g/mol. The first kappa shape index (κ1) is 28.6. The summed E-state index contributed by atoms with van der Waals surface area (Å²) in [7, 11) is -2.10. The van der Waals surface area contributed by atoms with Crippen LogP contribution in [-0.2, 0) is 27.8 Å². The molecule has 2 saturated carbocycles. The predicted octanol–water partition coefficient (Wildman–Crippen LogP) is 5.90. The highest BCUT2D eigenvalue weighted by Gasteiger charge is 2.59. The van der Waals surface area contributed by atoms with Crippen molar-refractivity contribution in [3.8, 4) is 5.75 Å². The summed E-state index contributed by atoms with van der Waals surface area (Å²) in [5.41, 5.74) is 3.43. The first-order valence-corrected chi connectivity index (χ1v) is 16.6. The number of fused-ring (bicyclic) bond motifs is 4. The predicted molar refractivity (Wildman–Crippen MR) is 161 cm³/mol. The largest absolute Gasteiger partial charge is 0.487 e. The van der Waals surface area contributed by atoms with Crippen LogP contribution in [0.5, 0.6) is 5.75 Å². The van der Waals surface area contributed by atoms with E-state index in [-0.39, 0.29) is 12.0 Å². The van der Waals surface area contributed by atoms with Crippen LogP contribution >= 0.6 is 11.6 Å². The Morgan fingerprint density at radius 2 is 1.98 bits per heavy atom. The summed E-state index contributed by atoms with van der Waals surface area (Å²) in [5, 5.41) is 0.722. The molecule has 220 valence electrons. The molecule has 2 aromatic carbocycles. The maximum absolute atomic E-state index is 13.4. The summed E-state index contributed by atoms with van der Waals surface area (Å²) in [6.07, 6.45) is 10.5. The third-order valence-corrected chi connectivity index (χ3v) is 12.2. The van der Waals surface area contributed by atoms with Crippen LogP contribution in [0.15, 0.2) is 48.6 Å². The number of carbonyl (C=O) groups excluding carboxylic acids is 1. The molecule has 2 heterocycles. The molecule has 2 bridgehead atoms. The Bertz CT molecular complexity index is 1460. The molecule has 2 aromatic rings. The van der Waals surface area contributed by atoms with Crippen LogP contribution in [0.1, 0.15) is 66.9 Å². The summed E-state index contributed by atoms with van der Waals surface area (Å²) >= 11 is 6.32. The number of amides is 1. The van der Waals surface area contributed by atoms with Gasteiger partial charge in [0.25, 0.3) is 5.91 Å². The van der Waals surface area contributed by atoms with E-state index in [9.17, 15) is 13.2 Å². The Hall–Kier alpha value is -2.55. The zero-order valence-corrected chi connectivity index (χ0v) is 25.3. The SMILES string of the molecule is CO[C@H]1/C=C/C[C@@H]2C[C@]2(C)S(=O)(=O)NC(=O)c2ccc3c(c2)N(CCCCc2cc(Cl)ccc2CO3)C[C@@H]2CC[C@H]21. The van der Waals surface area contributed by atoms with Crippen molar-refractivity contribution in [3.63, 3.8) is 0 Å². The number of anilines is 1. The van der Waals surface area contributed by atoms with E-state index in [2.05, 4.69) is 21.8 Å². The standard InChI is InChI=1S/C32H39ClN2O5S/c1-32-18-25(32)7-5-8-29(39-2)27-13-10-23(27)19-35-15-4-3-6-21-16-26(33)12-9-24(21)20-40-30-14-11-22(17-28(30)35)31(36)34-41(32,37)38/h5,8-9,11-12,14,16-17,23,25,27,29H,3-4,6-7,10,13,15,18-20H2,1-2H3,(H,34,36)/b8-5+/t23-,25+,27+,29-,32-/m0/s1. The lowest BCUT2D eigenvalue weighted by atomic mass is 9.70. The van der Waals surface area contributed by atoms with Crippen molar-refractivity contribution in [2.45, 2.75) is 69.3 Å². The Labute approximate surface area is 248 Å². The van der Waals surface area contributed by atoms with Crippen molar-refractivity contribution in [3.05, 3.63) is 70.3 Å². The van der Waals surface area contributed by atoms with Gasteiger partial charge >= 0.3 is 0 Å². The van der Waals surface area contributed by atoms with Crippen LogP contribution in [0, 0.1) is 17.8 Å². The molecule has 9 heteroatoms. The normalized spacial score (nSPS) is 32.0. The Balaban J connectivity index is 1.39. The van der Waals surface area contributed by atoms with Crippen LogP contribution in [0.25, 0.3) is 0 Å². The van der Waals surface area contributed by atoms with E-state index >= 15 is 0 Å². The van der Waals surface area contributed by atoms with E-state index in [0.717, 1.165) is 61.5 Å². The van der Waals surface area contributed by atoms with Gasteiger partial charge in [-0.1, -0.05) is 29.8 Å². The molecular weight excluding hydrogens is 560 g/mol. The number of benzene rings is 2. The number of hydrogen-bond acceptors (Lipinski definition) is 6. The molecule has 0 spiro atoms. The minimum Gasteiger partial charge on any atom is -0.487 e. The van der Waals surface area contributed by atoms with E-state index in [0.29, 0.717) is 42.6 Å². The number of sulfonamides is 1. The van der Waals surface area contributed by atoms with Gasteiger partial charge in [0.05, 0.1) is 16.5 Å². The summed E-state index contributed by atoms with van der Waals surface area (Å²) in [6, 6.07) is 11.2.